The number of amides is 1. The summed E-state index contributed by atoms with van der Waals surface area (Å²) in [5.41, 5.74) is 0.912. The number of aliphatic hydroxyl groups is 1. The summed E-state index contributed by atoms with van der Waals surface area (Å²) < 4.78 is 12.6. The Morgan fingerprint density at radius 2 is 1.89 bits per heavy atom. The first-order valence-corrected chi connectivity index (χ1v) is 11.3. The van der Waals surface area contributed by atoms with Crippen molar-refractivity contribution in [2.75, 3.05) is 20.3 Å². The predicted molar refractivity (Wildman–Crippen MR) is 128 cm³/mol. The van der Waals surface area contributed by atoms with Crippen molar-refractivity contribution in [2.24, 2.45) is 0 Å². The number of aromatic hydroxyl groups is 1. The summed E-state index contributed by atoms with van der Waals surface area (Å²) in [6, 6.07) is 10.4. The van der Waals surface area contributed by atoms with Crippen LogP contribution in [0.15, 0.2) is 66.8 Å². The Kier molecular flexibility index (Phi) is 7.05. The normalized spacial score (nSPS) is 17.1. The molecule has 3 aromatic rings. The molecule has 1 amide bonds. The summed E-state index contributed by atoms with van der Waals surface area (Å²) >= 11 is 0. The van der Waals surface area contributed by atoms with E-state index in [2.05, 4.69) is 4.98 Å². The lowest BCUT2D eigenvalue weighted by atomic mass is 9.95. The van der Waals surface area contributed by atoms with Crippen LogP contribution < -0.4 is 9.47 Å². The van der Waals surface area contributed by atoms with Gasteiger partial charge in [-0.25, -0.2) is 4.98 Å². The Morgan fingerprint density at radius 1 is 1.11 bits per heavy atom. The van der Waals surface area contributed by atoms with Crippen LogP contribution in [-0.2, 0) is 16.1 Å². The van der Waals surface area contributed by atoms with E-state index >= 15 is 0 Å². The van der Waals surface area contributed by atoms with E-state index in [0.717, 1.165) is 0 Å². The van der Waals surface area contributed by atoms with Gasteiger partial charge in [0.1, 0.15) is 11.5 Å². The lowest BCUT2D eigenvalue weighted by molar-refractivity contribution is -0.139. The highest BCUT2D eigenvalue weighted by Gasteiger charge is 2.46. The molecule has 182 valence electrons. The maximum Gasteiger partial charge on any atom is 0.295 e. The van der Waals surface area contributed by atoms with Crippen molar-refractivity contribution in [2.45, 2.75) is 25.9 Å². The first kappa shape index (κ1) is 23.9. The molecule has 1 aliphatic heterocycles. The highest BCUT2D eigenvalue weighted by atomic mass is 16.5. The van der Waals surface area contributed by atoms with Crippen molar-refractivity contribution < 1.29 is 29.3 Å². The number of aliphatic hydroxyl groups excluding tert-OH is 1. The minimum absolute atomic E-state index is 0.0177. The van der Waals surface area contributed by atoms with Crippen molar-refractivity contribution in [3.05, 3.63) is 77.9 Å². The monoisotopic (exact) mass is 477 g/mol. The van der Waals surface area contributed by atoms with Gasteiger partial charge in [-0.05, 0) is 55.3 Å². The lowest BCUT2D eigenvalue weighted by Crippen LogP contribution is -2.31. The first-order chi connectivity index (χ1) is 16.9. The van der Waals surface area contributed by atoms with Crippen LogP contribution in [0.3, 0.4) is 0 Å². The fraction of sp³-hybridized carbons (Fsp3) is 0.269. The number of carbonyl (C=O) groups is 2. The van der Waals surface area contributed by atoms with Gasteiger partial charge < -0.3 is 29.2 Å². The lowest BCUT2D eigenvalue weighted by Gasteiger charge is -2.26. The summed E-state index contributed by atoms with van der Waals surface area (Å²) in [6.07, 6.45) is 5.75. The van der Waals surface area contributed by atoms with Crippen molar-refractivity contribution >= 4 is 17.4 Å². The van der Waals surface area contributed by atoms with Gasteiger partial charge in [-0.15, -0.1) is 0 Å². The molecule has 4 rings (SSSR count). The van der Waals surface area contributed by atoms with E-state index in [4.69, 9.17) is 9.47 Å². The van der Waals surface area contributed by atoms with Crippen LogP contribution in [0.25, 0.3) is 5.76 Å². The van der Waals surface area contributed by atoms with Gasteiger partial charge in [0.25, 0.3) is 11.7 Å². The Bertz CT molecular complexity index is 1230. The van der Waals surface area contributed by atoms with E-state index in [9.17, 15) is 19.8 Å². The summed E-state index contributed by atoms with van der Waals surface area (Å²) in [5.74, 6) is -0.961. The number of ketones is 1. The number of likely N-dealkylation sites (tertiary alicyclic amines) is 1. The number of phenols is 1. The van der Waals surface area contributed by atoms with E-state index < -0.39 is 17.7 Å². The van der Waals surface area contributed by atoms with Crippen molar-refractivity contribution in [1.29, 1.82) is 0 Å². The number of hydrogen-bond donors (Lipinski definition) is 2. The molecular formula is C26H27N3O6. The van der Waals surface area contributed by atoms with Crippen LogP contribution in [0.5, 0.6) is 17.2 Å². The molecule has 9 heteroatoms. The third kappa shape index (κ3) is 4.84. The molecule has 35 heavy (non-hydrogen) atoms. The van der Waals surface area contributed by atoms with Crippen molar-refractivity contribution in [3.63, 3.8) is 0 Å². The van der Waals surface area contributed by atoms with E-state index in [1.54, 1.807) is 55.8 Å². The van der Waals surface area contributed by atoms with Crippen LogP contribution in [0.1, 0.15) is 30.5 Å². The van der Waals surface area contributed by atoms with Crippen LogP contribution in [0, 0.1) is 0 Å². The van der Waals surface area contributed by atoms with Gasteiger partial charge in [0.05, 0.1) is 31.7 Å². The van der Waals surface area contributed by atoms with E-state index in [0.29, 0.717) is 36.4 Å². The number of nitrogens with zero attached hydrogens (tertiary/aromatic N) is 3. The molecule has 0 spiro atoms. The molecule has 2 aromatic carbocycles. The Morgan fingerprint density at radius 3 is 2.54 bits per heavy atom. The van der Waals surface area contributed by atoms with Gasteiger partial charge in [-0.2, -0.15) is 0 Å². The number of ether oxygens (including phenoxy) is 2. The number of hydrogen-bond acceptors (Lipinski definition) is 7. The summed E-state index contributed by atoms with van der Waals surface area (Å²) in [7, 11) is 1.53. The number of aromatic nitrogens is 2. The average Bonchev–Trinajstić information content (AvgIpc) is 3.47. The zero-order chi connectivity index (χ0) is 24.9. The van der Waals surface area contributed by atoms with E-state index in [-0.39, 0.29) is 29.4 Å². The summed E-state index contributed by atoms with van der Waals surface area (Å²) in [6.45, 7) is 3.00. The molecule has 1 saturated heterocycles. The number of carbonyl (C=O) groups excluding carboxylic acids is 2. The first-order valence-electron chi connectivity index (χ1n) is 11.3. The standard InChI is InChI=1S/C26H27N3O6/c1-3-35-21-15-18(7-10-20(21)30)23-22(24(31)17-5-8-19(34-2)9-6-17)25(32)26(33)29(23)13-4-12-28-14-11-27-16-28/h5-11,14-16,23,30-31H,3-4,12-13H2,1-2H3/t23-/m1/s1. The number of methoxy groups -OCH3 is 1. The maximum absolute atomic E-state index is 13.2. The SMILES string of the molecule is CCOc1cc([C@@H]2C(=C(O)c3ccc(OC)cc3)C(=O)C(=O)N2CCCn2ccnc2)ccc1O. The van der Waals surface area contributed by atoms with Gasteiger partial charge in [-0.1, -0.05) is 6.07 Å². The highest BCUT2D eigenvalue weighted by molar-refractivity contribution is 6.46. The number of aryl methyl sites for hydroxylation is 1. The maximum atomic E-state index is 13.2. The molecule has 1 atom stereocenters. The van der Waals surface area contributed by atoms with E-state index in [1.807, 2.05) is 10.8 Å². The summed E-state index contributed by atoms with van der Waals surface area (Å²) in [5, 5.41) is 21.3. The van der Waals surface area contributed by atoms with Gasteiger partial charge in [0.2, 0.25) is 0 Å². The van der Waals surface area contributed by atoms with Crippen LogP contribution in [-0.4, -0.2) is 56.6 Å². The molecule has 0 saturated carbocycles. The predicted octanol–water partition coefficient (Wildman–Crippen LogP) is 3.51. The van der Waals surface area contributed by atoms with Crippen LogP contribution in [0.4, 0.5) is 0 Å². The third-order valence-corrected chi connectivity index (χ3v) is 5.88. The quantitative estimate of drug-likeness (QED) is 0.275. The molecule has 0 aliphatic carbocycles. The topological polar surface area (TPSA) is 114 Å². The second-order valence-corrected chi connectivity index (χ2v) is 8.04. The van der Waals surface area contributed by atoms with E-state index in [1.165, 1.54) is 18.1 Å². The zero-order valence-electron chi connectivity index (χ0n) is 19.5. The minimum Gasteiger partial charge on any atom is -0.507 e. The Labute approximate surface area is 202 Å². The number of imidazole rings is 1. The molecule has 2 N–H and O–H groups in total. The van der Waals surface area contributed by atoms with Crippen LogP contribution in [0.2, 0.25) is 0 Å². The van der Waals surface area contributed by atoms with Crippen LogP contribution >= 0.6 is 0 Å². The molecule has 0 radical (unpaired) electrons. The third-order valence-electron chi connectivity index (χ3n) is 5.88. The molecular weight excluding hydrogens is 450 g/mol. The fourth-order valence-corrected chi connectivity index (χ4v) is 4.18. The number of Topliss-reactive ketones (excluding diaryl/α,β-unsaturated/α-hetero) is 1. The molecule has 1 aliphatic rings. The highest BCUT2D eigenvalue weighted by Crippen LogP contribution is 2.42. The minimum atomic E-state index is -0.848. The van der Waals surface area contributed by atoms with Gasteiger partial charge in [-0.3, -0.25) is 9.59 Å². The molecule has 1 aromatic heterocycles. The summed E-state index contributed by atoms with van der Waals surface area (Å²) in [4.78, 5) is 31.8. The number of rotatable bonds is 9. The van der Waals surface area contributed by atoms with Gasteiger partial charge >= 0.3 is 0 Å². The molecule has 0 unspecified atom stereocenters. The van der Waals surface area contributed by atoms with Gasteiger partial charge in [0, 0.05) is 31.0 Å². The Hall–Kier alpha value is -4.27. The van der Waals surface area contributed by atoms with Crippen molar-refractivity contribution in [1.82, 2.24) is 14.5 Å². The molecule has 0 bridgehead atoms. The molecule has 9 nitrogen and oxygen atoms in total. The van der Waals surface area contributed by atoms with Gasteiger partial charge in [0.15, 0.2) is 11.5 Å². The fourth-order valence-electron chi connectivity index (χ4n) is 4.18. The number of benzene rings is 2. The smallest absolute Gasteiger partial charge is 0.295 e. The second-order valence-electron chi connectivity index (χ2n) is 8.04. The molecule has 1 fully saturated rings. The second kappa shape index (κ2) is 10.3. The molecule has 2 heterocycles. The average molecular weight is 478 g/mol. The Balaban J connectivity index is 1.76. The van der Waals surface area contributed by atoms with Crippen molar-refractivity contribution in [3.8, 4) is 17.2 Å². The zero-order valence-corrected chi connectivity index (χ0v) is 19.5. The number of phenolic OH excluding ortho intramolecular Hbond substituents is 1. The largest absolute Gasteiger partial charge is 0.507 e.